The number of nitrogens with zero attached hydrogens (tertiary/aromatic N) is 2. The summed E-state index contributed by atoms with van der Waals surface area (Å²) in [5.74, 6) is 0.153. The van der Waals surface area contributed by atoms with Gasteiger partial charge in [-0.1, -0.05) is 43.3 Å². The van der Waals surface area contributed by atoms with E-state index >= 15 is 0 Å². The average molecular weight is 582 g/mol. The fourth-order valence-electron chi connectivity index (χ4n) is 4.83. The highest BCUT2D eigenvalue weighted by atomic mass is 32.2. The number of sulfone groups is 1. The second-order valence-electron chi connectivity index (χ2n) is 10.0. The number of nitrogens with one attached hydrogen (secondary N) is 1. The van der Waals surface area contributed by atoms with Crippen molar-refractivity contribution in [1.82, 2.24) is 9.55 Å². The van der Waals surface area contributed by atoms with Crippen LogP contribution in [0.15, 0.2) is 95.9 Å². The van der Waals surface area contributed by atoms with Crippen LogP contribution in [0.25, 0.3) is 22.4 Å². The Hall–Kier alpha value is -4.76. The van der Waals surface area contributed by atoms with Crippen molar-refractivity contribution < 1.29 is 22.7 Å². The molecular formula is C33H31N3O5S. The molecule has 0 atom stereocenters. The molecule has 8 nitrogen and oxygen atoms in total. The van der Waals surface area contributed by atoms with E-state index in [0.717, 1.165) is 39.1 Å². The van der Waals surface area contributed by atoms with Crippen LogP contribution in [0.2, 0.25) is 0 Å². The number of aromatic nitrogens is 2. The minimum Gasteiger partial charge on any atom is -0.465 e. The number of carbonyl (C=O) groups is 2. The number of carbonyl (C=O) groups excluding carboxylic acids is 2. The number of hydrogen-bond acceptors (Lipinski definition) is 6. The van der Waals surface area contributed by atoms with Gasteiger partial charge in [0, 0.05) is 11.3 Å². The maximum atomic E-state index is 12.7. The number of ether oxygens (including phenoxy) is 1. The van der Waals surface area contributed by atoms with Crippen LogP contribution in [-0.4, -0.2) is 42.7 Å². The van der Waals surface area contributed by atoms with Gasteiger partial charge in [-0.25, -0.2) is 18.2 Å². The minimum absolute atomic E-state index is 0.0273. The molecule has 4 aromatic carbocycles. The largest absolute Gasteiger partial charge is 0.465 e. The third-order valence-corrected chi connectivity index (χ3v) is 8.86. The Morgan fingerprint density at radius 2 is 1.64 bits per heavy atom. The average Bonchev–Trinajstić information content (AvgIpc) is 3.34. The van der Waals surface area contributed by atoms with Gasteiger partial charge in [-0.05, 0) is 78.2 Å². The Bertz CT molecular complexity index is 1880. The van der Waals surface area contributed by atoms with Gasteiger partial charge in [0.05, 0.1) is 47.3 Å². The molecule has 5 rings (SSSR count). The maximum absolute atomic E-state index is 12.7. The van der Waals surface area contributed by atoms with Crippen molar-refractivity contribution in [2.75, 3.05) is 18.2 Å². The molecule has 0 aliphatic carbocycles. The van der Waals surface area contributed by atoms with Gasteiger partial charge in [0.1, 0.15) is 5.82 Å². The van der Waals surface area contributed by atoms with Gasteiger partial charge in [-0.3, -0.25) is 4.79 Å². The first kappa shape index (κ1) is 28.8. The maximum Gasteiger partial charge on any atom is 0.338 e. The number of rotatable bonds is 9. The third-order valence-electron chi connectivity index (χ3n) is 7.11. The Morgan fingerprint density at radius 1 is 0.929 bits per heavy atom. The molecule has 9 heteroatoms. The van der Waals surface area contributed by atoms with Gasteiger partial charge in [-0.2, -0.15) is 0 Å². The quantitative estimate of drug-likeness (QED) is 0.220. The highest BCUT2D eigenvalue weighted by Crippen LogP contribution is 2.28. The van der Waals surface area contributed by atoms with Crippen LogP contribution in [0.4, 0.5) is 5.69 Å². The Kier molecular flexibility index (Phi) is 8.22. The van der Waals surface area contributed by atoms with Gasteiger partial charge in [0.25, 0.3) is 0 Å². The summed E-state index contributed by atoms with van der Waals surface area (Å²) < 4.78 is 31.2. The van der Waals surface area contributed by atoms with E-state index in [1.807, 2.05) is 61.5 Å². The summed E-state index contributed by atoms with van der Waals surface area (Å²) in [5.41, 5.74) is 6.39. The summed E-state index contributed by atoms with van der Waals surface area (Å²) in [4.78, 5) is 30.3. The molecular weight excluding hydrogens is 550 g/mol. The number of anilines is 1. The molecule has 0 bridgehead atoms. The first-order valence-electron chi connectivity index (χ1n) is 13.5. The number of hydrogen-bond donors (Lipinski definition) is 1. The zero-order chi connectivity index (χ0) is 29.9. The number of amides is 1. The van der Waals surface area contributed by atoms with Crippen molar-refractivity contribution in [2.45, 2.75) is 31.7 Å². The smallest absolute Gasteiger partial charge is 0.338 e. The first-order valence-corrected chi connectivity index (χ1v) is 15.2. The highest BCUT2D eigenvalue weighted by Gasteiger charge is 2.18. The number of methoxy groups -OCH3 is 1. The van der Waals surface area contributed by atoms with Crippen LogP contribution in [0, 0.1) is 6.92 Å². The van der Waals surface area contributed by atoms with Gasteiger partial charge < -0.3 is 14.6 Å². The first-order chi connectivity index (χ1) is 20.2. The molecule has 0 fully saturated rings. The Labute approximate surface area is 244 Å². The van der Waals surface area contributed by atoms with Crippen molar-refractivity contribution >= 4 is 38.4 Å². The number of aryl methyl sites for hydroxylation is 1. The van der Waals surface area contributed by atoms with Crippen molar-refractivity contribution in [2.24, 2.45) is 0 Å². The molecule has 1 aromatic heterocycles. The molecule has 214 valence electrons. The predicted molar refractivity (Wildman–Crippen MR) is 163 cm³/mol. The van der Waals surface area contributed by atoms with Crippen LogP contribution in [0.3, 0.4) is 0 Å². The molecule has 0 unspecified atom stereocenters. The Morgan fingerprint density at radius 3 is 2.33 bits per heavy atom. The molecule has 0 saturated heterocycles. The van der Waals surface area contributed by atoms with E-state index in [4.69, 9.17) is 9.72 Å². The molecule has 0 saturated carbocycles. The van der Waals surface area contributed by atoms with E-state index in [0.29, 0.717) is 17.8 Å². The summed E-state index contributed by atoms with van der Waals surface area (Å²) in [6.45, 7) is 4.04. The number of benzene rings is 4. The SMILES string of the molecule is CCS(=O)(=O)c1ccc(CC(=O)Nc2ccc(-c3nc4ccc(C)cc4n3Cc3ccccc3C(=O)OC)cc2)cc1. The van der Waals surface area contributed by atoms with Crippen LogP contribution >= 0.6 is 0 Å². The Balaban J connectivity index is 1.39. The van der Waals surface area contributed by atoms with E-state index in [9.17, 15) is 18.0 Å². The van der Waals surface area contributed by atoms with E-state index < -0.39 is 15.8 Å². The third kappa shape index (κ3) is 6.11. The zero-order valence-corrected chi connectivity index (χ0v) is 24.4. The zero-order valence-electron chi connectivity index (χ0n) is 23.6. The van der Waals surface area contributed by atoms with E-state index in [2.05, 4.69) is 16.0 Å². The summed E-state index contributed by atoms with van der Waals surface area (Å²) in [5, 5.41) is 2.90. The highest BCUT2D eigenvalue weighted by molar-refractivity contribution is 7.91. The molecule has 0 radical (unpaired) electrons. The molecule has 0 aliphatic rings. The molecule has 5 aromatic rings. The lowest BCUT2D eigenvalue weighted by molar-refractivity contribution is -0.115. The predicted octanol–water partition coefficient (Wildman–Crippen LogP) is 5.82. The monoisotopic (exact) mass is 581 g/mol. The fraction of sp³-hybridized carbons (Fsp3) is 0.182. The summed E-state index contributed by atoms with van der Waals surface area (Å²) in [6, 6.07) is 27.3. The van der Waals surface area contributed by atoms with Gasteiger partial charge in [0.15, 0.2) is 9.84 Å². The lowest BCUT2D eigenvalue weighted by atomic mass is 10.1. The van der Waals surface area contributed by atoms with E-state index in [-0.39, 0.29) is 23.0 Å². The molecule has 1 N–H and O–H groups in total. The summed E-state index contributed by atoms with van der Waals surface area (Å²) in [7, 11) is -1.91. The van der Waals surface area contributed by atoms with E-state index in [1.165, 1.54) is 19.2 Å². The van der Waals surface area contributed by atoms with Crippen LogP contribution in [0.5, 0.6) is 0 Å². The lowest BCUT2D eigenvalue weighted by Gasteiger charge is -2.13. The lowest BCUT2D eigenvalue weighted by Crippen LogP contribution is -2.14. The number of imidazole rings is 1. The molecule has 42 heavy (non-hydrogen) atoms. The fourth-order valence-corrected chi connectivity index (χ4v) is 5.71. The van der Waals surface area contributed by atoms with Crippen LogP contribution in [0.1, 0.15) is 34.0 Å². The molecule has 1 heterocycles. The van der Waals surface area contributed by atoms with Crippen molar-refractivity contribution in [1.29, 1.82) is 0 Å². The van der Waals surface area contributed by atoms with Crippen LogP contribution in [-0.2, 0) is 32.3 Å². The second kappa shape index (κ2) is 12.0. The number of fused-ring (bicyclic) bond motifs is 1. The van der Waals surface area contributed by atoms with Crippen molar-refractivity contribution in [3.8, 4) is 11.4 Å². The van der Waals surface area contributed by atoms with Gasteiger partial charge >= 0.3 is 5.97 Å². The van der Waals surface area contributed by atoms with Gasteiger partial charge in [0.2, 0.25) is 5.91 Å². The second-order valence-corrected chi connectivity index (χ2v) is 12.3. The van der Waals surface area contributed by atoms with Crippen molar-refractivity contribution in [3.05, 3.63) is 113 Å². The molecule has 1 amide bonds. The number of esters is 1. The van der Waals surface area contributed by atoms with Gasteiger partial charge in [-0.15, -0.1) is 0 Å². The topological polar surface area (TPSA) is 107 Å². The molecule has 0 aliphatic heterocycles. The standard InChI is InChI=1S/C33H31N3O5S/c1-4-42(39,40)27-16-10-23(11-17-27)20-31(37)34-26-14-12-24(13-15-26)32-35-29-18-9-22(2)19-30(29)36(32)21-25-7-5-6-8-28(25)33(38)41-3/h5-19H,4,20-21H2,1-3H3,(H,34,37). The minimum atomic E-state index is -3.29. The van der Waals surface area contributed by atoms with Crippen LogP contribution < -0.4 is 5.32 Å². The van der Waals surface area contributed by atoms with Crippen molar-refractivity contribution in [3.63, 3.8) is 0 Å². The summed E-state index contributed by atoms with van der Waals surface area (Å²) in [6.07, 6.45) is 0.114. The summed E-state index contributed by atoms with van der Waals surface area (Å²) >= 11 is 0. The normalized spacial score (nSPS) is 11.4. The molecule has 0 spiro atoms. The van der Waals surface area contributed by atoms with E-state index in [1.54, 1.807) is 25.1 Å².